The van der Waals surface area contributed by atoms with Crippen molar-refractivity contribution in [1.29, 1.82) is 0 Å². The lowest BCUT2D eigenvalue weighted by Crippen LogP contribution is -2.64. The number of pyridine rings is 2. The zero-order valence-electron chi connectivity index (χ0n) is 28.8. The van der Waals surface area contributed by atoms with Crippen molar-refractivity contribution >= 4 is 31.6 Å². The number of hydrogen-bond donors (Lipinski definition) is 2. The molecule has 0 fully saturated rings. The Balaban J connectivity index is 1.77. The first kappa shape index (κ1) is 38.3. The van der Waals surface area contributed by atoms with Crippen LogP contribution in [0.25, 0.3) is 22.5 Å². The number of hydrogen-bond acceptors (Lipinski definition) is 11. The standard InChI is InChI=1S/C34H42N4O10S2/c1-7-37(26-9-11-33(35-19-26)24-13-29(45-3)17-30(14-24)46-4)21-28(22-49(39,40)41)38(8-2,23-50(42,43)44)27-10-12-34(36-20-27)25-15-31(47-5)18-32(16-25)48-6/h9-20,28H,7-8,21-23H2,1-6H3,(H-,39,40,41,42,43,44)/p+1. The molecule has 0 aliphatic carbocycles. The van der Waals surface area contributed by atoms with E-state index in [-0.39, 0.29) is 13.1 Å². The molecule has 2 unspecified atom stereocenters. The summed E-state index contributed by atoms with van der Waals surface area (Å²) in [6.45, 7) is 3.90. The topological polar surface area (TPSA) is 175 Å². The zero-order chi connectivity index (χ0) is 36.7. The van der Waals surface area contributed by atoms with E-state index in [0.717, 1.165) is 5.56 Å². The first-order valence-corrected chi connectivity index (χ1v) is 18.8. The van der Waals surface area contributed by atoms with Crippen molar-refractivity contribution in [2.24, 2.45) is 0 Å². The Kier molecular flexibility index (Phi) is 12.3. The molecule has 4 aromatic rings. The van der Waals surface area contributed by atoms with E-state index < -0.39 is 42.4 Å². The third-order valence-electron chi connectivity index (χ3n) is 8.54. The molecular formula is C34H43N4O10S2+. The minimum atomic E-state index is -4.69. The molecule has 0 bridgehead atoms. The van der Waals surface area contributed by atoms with Crippen LogP contribution in [0.4, 0.5) is 11.4 Å². The van der Waals surface area contributed by atoms with Gasteiger partial charge in [-0.25, -0.2) is 0 Å². The van der Waals surface area contributed by atoms with E-state index in [1.54, 1.807) is 69.8 Å². The molecule has 0 aliphatic heterocycles. The van der Waals surface area contributed by atoms with Gasteiger partial charge in [0.25, 0.3) is 10.1 Å². The molecule has 16 heteroatoms. The maximum Gasteiger partial charge on any atom is 0.316 e. The summed E-state index contributed by atoms with van der Waals surface area (Å²) in [5.41, 5.74) is 3.47. The van der Waals surface area contributed by atoms with Crippen LogP contribution in [0.5, 0.6) is 23.0 Å². The average Bonchev–Trinajstić information content (AvgIpc) is 3.11. The fraction of sp³-hybridized carbons (Fsp3) is 0.353. The Labute approximate surface area is 293 Å². The smallest absolute Gasteiger partial charge is 0.316 e. The maximum atomic E-state index is 12.6. The van der Waals surface area contributed by atoms with Crippen LogP contribution < -0.4 is 28.3 Å². The van der Waals surface area contributed by atoms with Gasteiger partial charge in [-0.3, -0.25) is 23.6 Å². The van der Waals surface area contributed by atoms with Crippen molar-refractivity contribution in [2.75, 3.05) is 64.6 Å². The summed E-state index contributed by atoms with van der Waals surface area (Å²) >= 11 is 0. The predicted molar refractivity (Wildman–Crippen MR) is 192 cm³/mol. The second-order valence-corrected chi connectivity index (χ2v) is 14.4. The number of anilines is 1. The minimum absolute atomic E-state index is 0.0282. The van der Waals surface area contributed by atoms with Crippen LogP contribution in [0.3, 0.4) is 0 Å². The van der Waals surface area contributed by atoms with Crippen LogP contribution in [0.1, 0.15) is 13.8 Å². The summed E-state index contributed by atoms with van der Waals surface area (Å²) in [7, 11) is -3.19. The Hall–Kier alpha value is -4.48. The van der Waals surface area contributed by atoms with Gasteiger partial charge in [0.1, 0.15) is 34.8 Å². The monoisotopic (exact) mass is 731 g/mol. The van der Waals surface area contributed by atoms with Crippen LogP contribution in [-0.2, 0) is 20.2 Å². The molecule has 4 rings (SSSR count). The van der Waals surface area contributed by atoms with Crippen molar-refractivity contribution in [3.05, 3.63) is 73.1 Å². The van der Waals surface area contributed by atoms with Crippen molar-refractivity contribution < 1.29 is 44.9 Å². The Morgan fingerprint density at radius 1 is 0.700 bits per heavy atom. The van der Waals surface area contributed by atoms with Gasteiger partial charge in [0.05, 0.1) is 71.0 Å². The molecule has 270 valence electrons. The molecule has 2 aromatic heterocycles. The summed E-state index contributed by atoms with van der Waals surface area (Å²) in [5, 5.41) is 0. The van der Waals surface area contributed by atoms with Crippen molar-refractivity contribution in [3.63, 3.8) is 0 Å². The van der Waals surface area contributed by atoms with Crippen LogP contribution in [-0.4, -0.2) is 102 Å². The second-order valence-electron chi connectivity index (χ2n) is 11.5. The third-order valence-corrected chi connectivity index (χ3v) is 10.1. The largest absolute Gasteiger partial charge is 0.497 e. The van der Waals surface area contributed by atoms with E-state index in [0.29, 0.717) is 57.9 Å². The van der Waals surface area contributed by atoms with Crippen LogP contribution in [0.2, 0.25) is 0 Å². The predicted octanol–water partition coefficient (Wildman–Crippen LogP) is 4.80. The molecule has 2 N–H and O–H groups in total. The normalized spacial score (nSPS) is 13.6. The van der Waals surface area contributed by atoms with Gasteiger partial charge in [0, 0.05) is 35.9 Å². The minimum Gasteiger partial charge on any atom is -0.497 e. The van der Waals surface area contributed by atoms with Crippen LogP contribution in [0.15, 0.2) is 73.1 Å². The van der Waals surface area contributed by atoms with E-state index in [4.69, 9.17) is 18.9 Å². The average molecular weight is 732 g/mol. The van der Waals surface area contributed by atoms with Gasteiger partial charge in [-0.05, 0) is 56.3 Å². The molecule has 0 radical (unpaired) electrons. The molecule has 0 amide bonds. The number of methoxy groups -OCH3 is 4. The van der Waals surface area contributed by atoms with E-state index in [9.17, 15) is 25.9 Å². The molecule has 2 aromatic carbocycles. The highest BCUT2D eigenvalue weighted by Gasteiger charge is 2.45. The van der Waals surface area contributed by atoms with E-state index in [1.165, 1.54) is 20.4 Å². The third kappa shape index (κ3) is 9.39. The van der Waals surface area contributed by atoms with Crippen molar-refractivity contribution in [1.82, 2.24) is 14.5 Å². The Bertz CT molecular complexity index is 1930. The summed E-state index contributed by atoms with van der Waals surface area (Å²) < 4.78 is 91.6. The lowest BCUT2D eigenvalue weighted by atomic mass is 10.1. The Morgan fingerprint density at radius 2 is 1.18 bits per heavy atom. The number of quaternary nitrogens is 1. The van der Waals surface area contributed by atoms with Gasteiger partial charge in [-0.1, -0.05) is 0 Å². The molecule has 0 saturated carbocycles. The zero-order valence-corrected chi connectivity index (χ0v) is 30.4. The molecule has 0 saturated heterocycles. The highest BCUT2D eigenvalue weighted by atomic mass is 32.2. The summed E-state index contributed by atoms with van der Waals surface area (Å²) in [6, 6.07) is 16.4. The number of rotatable bonds is 17. The van der Waals surface area contributed by atoms with Gasteiger partial charge < -0.3 is 23.8 Å². The molecule has 2 atom stereocenters. The van der Waals surface area contributed by atoms with Gasteiger partial charge in [-0.2, -0.15) is 16.8 Å². The van der Waals surface area contributed by atoms with Crippen molar-refractivity contribution in [2.45, 2.75) is 19.9 Å². The molecular weight excluding hydrogens is 689 g/mol. The number of benzene rings is 2. The lowest BCUT2D eigenvalue weighted by molar-refractivity contribution is 0.246. The summed E-state index contributed by atoms with van der Waals surface area (Å²) in [4.78, 5) is 11.0. The molecule has 0 spiro atoms. The number of nitrogens with zero attached hydrogens (tertiary/aromatic N) is 4. The quantitative estimate of drug-likeness (QED) is 0.112. The second kappa shape index (κ2) is 16.0. The molecule has 14 nitrogen and oxygen atoms in total. The van der Waals surface area contributed by atoms with Gasteiger partial charge >= 0.3 is 10.1 Å². The highest BCUT2D eigenvalue weighted by Crippen LogP contribution is 2.34. The van der Waals surface area contributed by atoms with Gasteiger partial charge in [0.15, 0.2) is 5.69 Å². The van der Waals surface area contributed by atoms with E-state index in [1.807, 2.05) is 30.0 Å². The summed E-state index contributed by atoms with van der Waals surface area (Å²) in [6.07, 6.45) is 3.07. The Morgan fingerprint density at radius 3 is 1.52 bits per heavy atom. The molecule has 0 aliphatic rings. The fourth-order valence-corrected chi connectivity index (χ4v) is 7.96. The first-order valence-electron chi connectivity index (χ1n) is 15.6. The van der Waals surface area contributed by atoms with E-state index in [2.05, 4.69) is 9.97 Å². The molecule has 50 heavy (non-hydrogen) atoms. The first-order chi connectivity index (χ1) is 23.7. The van der Waals surface area contributed by atoms with Gasteiger partial charge in [0.2, 0.25) is 5.88 Å². The lowest BCUT2D eigenvalue weighted by Gasteiger charge is -2.44. The fourth-order valence-electron chi connectivity index (χ4n) is 5.95. The van der Waals surface area contributed by atoms with Gasteiger partial charge in [-0.15, -0.1) is 0 Å². The maximum absolute atomic E-state index is 12.6. The summed E-state index contributed by atoms with van der Waals surface area (Å²) in [5.74, 6) is 0.572. The number of ether oxygens (including phenoxy) is 4. The number of likely N-dealkylation sites (N-methyl/N-ethyl adjacent to an activating group) is 2. The number of aromatic nitrogens is 2. The molecule has 2 heterocycles. The van der Waals surface area contributed by atoms with Crippen LogP contribution >= 0.6 is 0 Å². The van der Waals surface area contributed by atoms with Crippen LogP contribution in [0, 0.1) is 0 Å². The van der Waals surface area contributed by atoms with E-state index >= 15 is 0 Å². The highest BCUT2D eigenvalue weighted by molar-refractivity contribution is 7.86. The van der Waals surface area contributed by atoms with Crippen molar-refractivity contribution in [3.8, 4) is 45.5 Å². The SMILES string of the molecule is CCN(CC(CS(=O)(=O)O)[N+](CC)(CS(=O)(=O)O)c1ccc(-c2cc(OC)cc(OC)c2)nc1)c1ccc(-c2cc(OC)cc(OC)c2)nc1.